The molecule has 0 spiro atoms. The Balaban J connectivity index is 2.31. The van der Waals surface area contributed by atoms with Crippen LogP contribution in [-0.4, -0.2) is 31.6 Å². The van der Waals surface area contributed by atoms with Crippen molar-refractivity contribution in [1.82, 2.24) is 10.2 Å². The van der Waals surface area contributed by atoms with E-state index in [2.05, 4.69) is 10.2 Å². The quantitative estimate of drug-likeness (QED) is 0.792. The van der Waals surface area contributed by atoms with Crippen molar-refractivity contribution in [3.63, 3.8) is 0 Å². The Morgan fingerprint density at radius 1 is 1.53 bits per heavy atom. The minimum atomic E-state index is -0.292. The zero-order valence-electron chi connectivity index (χ0n) is 8.63. The van der Waals surface area contributed by atoms with Crippen molar-refractivity contribution in [3.05, 3.63) is 34.6 Å². The maximum atomic E-state index is 13.8. The van der Waals surface area contributed by atoms with Crippen LogP contribution in [0.5, 0.6) is 0 Å². The molecule has 1 heterocycles. The first kappa shape index (κ1) is 10.9. The second kappa shape index (κ2) is 4.47. The van der Waals surface area contributed by atoms with Crippen LogP contribution in [0.2, 0.25) is 5.02 Å². The van der Waals surface area contributed by atoms with Crippen molar-refractivity contribution < 1.29 is 4.39 Å². The van der Waals surface area contributed by atoms with Crippen LogP contribution < -0.4 is 5.32 Å². The average Bonchev–Trinajstić information content (AvgIpc) is 2.23. The molecule has 0 saturated carbocycles. The van der Waals surface area contributed by atoms with Gasteiger partial charge in [-0.2, -0.15) is 0 Å². The van der Waals surface area contributed by atoms with Gasteiger partial charge >= 0.3 is 0 Å². The largest absolute Gasteiger partial charge is 0.314 e. The smallest absolute Gasteiger partial charge is 0.146 e. The Hall–Kier alpha value is -0.640. The summed E-state index contributed by atoms with van der Waals surface area (Å²) in [5.74, 6) is -0.292. The summed E-state index contributed by atoms with van der Waals surface area (Å²) in [6, 6.07) is 5.26. The second-order valence-electron chi connectivity index (χ2n) is 3.84. The lowest BCUT2D eigenvalue weighted by Gasteiger charge is -2.33. The number of piperazine rings is 1. The highest BCUT2D eigenvalue weighted by Crippen LogP contribution is 2.27. The molecule has 1 saturated heterocycles. The molecule has 1 atom stereocenters. The predicted molar refractivity (Wildman–Crippen MR) is 59.7 cm³/mol. The number of benzene rings is 1. The van der Waals surface area contributed by atoms with Crippen molar-refractivity contribution in [1.29, 1.82) is 0 Å². The lowest BCUT2D eigenvalue weighted by molar-refractivity contribution is 0.198. The molecule has 1 aliphatic rings. The van der Waals surface area contributed by atoms with E-state index in [1.807, 2.05) is 7.05 Å². The maximum absolute atomic E-state index is 13.8. The van der Waals surface area contributed by atoms with Gasteiger partial charge in [0, 0.05) is 31.2 Å². The third-order valence-corrected chi connectivity index (χ3v) is 3.14. The van der Waals surface area contributed by atoms with Gasteiger partial charge in [0.25, 0.3) is 0 Å². The van der Waals surface area contributed by atoms with Gasteiger partial charge in [0.05, 0.1) is 5.02 Å². The number of likely N-dealkylation sites (N-methyl/N-ethyl adjacent to an activating group) is 1. The lowest BCUT2D eigenvalue weighted by atomic mass is 10.0. The minimum Gasteiger partial charge on any atom is -0.314 e. The molecule has 1 fully saturated rings. The molecule has 82 valence electrons. The molecular weight excluding hydrogens is 215 g/mol. The molecule has 1 unspecified atom stereocenters. The van der Waals surface area contributed by atoms with Crippen molar-refractivity contribution in [2.45, 2.75) is 6.04 Å². The fraction of sp³-hybridized carbons (Fsp3) is 0.455. The lowest BCUT2D eigenvalue weighted by Crippen LogP contribution is -2.44. The Labute approximate surface area is 94.0 Å². The summed E-state index contributed by atoms with van der Waals surface area (Å²) >= 11 is 5.77. The van der Waals surface area contributed by atoms with Crippen LogP contribution in [0.15, 0.2) is 18.2 Å². The normalized spacial score (nSPS) is 23.0. The summed E-state index contributed by atoms with van der Waals surface area (Å²) in [6.45, 7) is 2.65. The molecule has 2 nitrogen and oxygen atoms in total. The van der Waals surface area contributed by atoms with Gasteiger partial charge in [0.15, 0.2) is 0 Å². The zero-order chi connectivity index (χ0) is 10.8. The average molecular weight is 229 g/mol. The van der Waals surface area contributed by atoms with Crippen molar-refractivity contribution in [2.24, 2.45) is 0 Å². The molecular formula is C11H14ClFN2. The molecule has 0 bridgehead atoms. The van der Waals surface area contributed by atoms with E-state index < -0.39 is 0 Å². The van der Waals surface area contributed by atoms with Gasteiger partial charge in [-0.15, -0.1) is 0 Å². The Morgan fingerprint density at radius 3 is 3.07 bits per heavy atom. The van der Waals surface area contributed by atoms with E-state index in [4.69, 9.17) is 11.6 Å². The van der Waals surface area contributed by atoms with Crippen LogP contribution in [0.1, 0.15) is 11.6 Å². The summed E-state index contributed by atoms with van der Waals surface area (Å²) in [7, 11) is 2.01. The first-order valence-corrected chi connectivity index (χ1v) is 5.43. The number of nitrogens with one attached hydrogen (secondary N) is 1. The molecule has 1 aromatic carbocycles. The van der Waals surface area contributed by atoms with Crippen LogP contribution in [0.3, 0.4) is 0 Å². The molecule has 15 heavy (non-hydrogen) atoms. The summed E-state index contributed by atoms with van der Waals surface area (Å²) in [6.07, 6.45) is 0. The summed E-state index contributed by atoms with van der Waals surface area (Å²) < 4.78 is 13.8. The Bertz CT molecular complexity index is 356. The number of nitrogens with zero attached hydrogens (tertiary/aromatic N) is 1. The van der Waals surface area contributed by atoms with Gasteiger partial charge in [0.1, 0.15) is 5.82 Å². The van der Waals surface area contributed by atoms with E-state index in [-0.39, 0.29) is 16.9 Å². The van der Waals surface area contributed by atoms with Crippen LogP contribution in [0.25, 0.3) is 0 Å². The van der Waals surface area contributed by atoms with Crippen LogP contribution in [-0.2, 0) is 0 Å². The molecule has 1 aliphatic heterocycles. The maximum Gasteiger partial charge on any atom is 0.146 e. The monoisotopic (exact) mass is 228 g/mol. The highest BCUT2D eigenvalue weighted by Gasteiger charge is 2.23. The SMILES string of the molecule is CN1CCNCC1c1cccc(Cl)c1F. The summed E-state index contributed by atoms with van der Waals surface area (Å²) in [5, 5.41) is 3.46. The van der Waals surface area contributed by atoms with Gasteiger partial charge in [-0.1, -0.05) is 23.7 Å². The first-order chi connectivity index (χ1) is 7.20. The predicted octanol–water partition coefficient (Wildman–Crippen LogP) is 2.06. The molecule has 4 heteroatoms. The van der Waals surface area contributed by atoms with Crippen LogP contribution >= 0.6 is 11.6 Å². The van der Waals surface area contributed by atoms with Gasteiger partial charge in [0.2, 0.25) is 0 Å². The molecule has 0 aliphatic carbocycles. The zero-order valence-corrected chi connectivity index (χ0v) is 9.39. The number of rotatable bonds is 1. The van der Waals surface area contributed by atoms with Gasteiger partial charge in [-0.25, -0.2) is 4.39 Å². The van der Waals surface area contributed by atoms with Gasteiger partial charge in [-0.3, -0.25) is 4.90 Å². The number of halogens is 2. The van der Waals surface area contributed by atoms with E-state index in [1.54, 1.807) is 18.2 Å². The van der Waals surface area contributed by atoms with Gasteiger partial charge < -0.3 is 5.32 Å². The van der Waals surface area contributed by atoms with E-state index in [0.29, 0.717) is 5.56 Å². The van der Waals surface area contributed by atoms with Crippen molar-refractivity contribution in [2.75, 3.05) is 26.7 Å². The molecule has 0 aromatic heterocycles. The first-order valence-electron chi connectivity index (χ1n) is 5.05. The molecule has 0 radical (unpaired) electrons. The molecule has 0 amide bonds. The number of hydrogen-bond donors (Lipinski definition) is 1. The van der Waals surface area contributed by atoms with Crippen LogP contribution in [0.4, 0.5) is 4.39 Å². The van der Waals surface area contributed by atoms with E-state index in [0.717, 1.165) is 19.6 Å². The van der Waals surface area contributed by atoms with Crippen LogP contribution in [0, 0.1) is 5.82 Å². The number of hydrogen-bond acceptors (Lipinski definition) is 2. The Kier molecular flexibility index (Phi) is 3.24. The Morgan fingerprint density at radius 2 is 2.33 bits per heavy atom. The fourth-order valence-corrected chi connectivity index (χ4v) is 2.11. The summed E-state index contributed by atoms with van der Waals surface area (Å²) in [5.41, 5.74) is 0.678. The topological polar surface area (TPSA) is 15.3 Å². The van der Waals surface area contributed by atoms with E-state index in [1.165, 1.54) is 0 Å². The van der Waals surface area contributed by atoms with E-state index in [9.17, 15) is 4.39 Å². The minimum absolute atomic E-state index is 0.0810. The summed E-state index contributed by atoms with van der Waals surface area (Å²) in [4.78, 5) is 2.14. The molecule has 1 aromatic rings. The standard InChI is InChI=1S/C11H14ClFN2/c1-15-6-5-14-7-10(15)8-3-2-4-9(12)11(8)13/h2-4,10,14H,5-7H2,1H3. The highest BCUT2D eigenvalue weighted by atomic mass is 35.5. The van der Waals surface area contributed by atoms with Gasteiger partial charge in [-0.05, 0) is 13.1 Å². The van der Waals surface area contributed by atoms with Crippen molar-refractivity contribution >= 4 is 11.6 Å². The molecule has 1 N–H and O–H groups in total. The third kappa shape index (κ3) is 2.14. The highest BCUT2D eigenvalue weighted by molar-refractivity contribution is 6.30. The van der Waals surface area contributed by atoms with Crippen molar-refractivity contribution in [3.8, 4) is 0 Å². The molecule has 2 rings (SSSR count). The van der Waals surface area contributed by atoms with E-state index >= 15 is 0 Å². The second-order valence-corrected chi connectivity index (χ2v) is 4.25. The third-order valence-electron chi connectivity index (χ3n) is 2.85. The fourth-order valence-electron chi connectivity index (χ4n) is 1.93.